The quantitative estimate of drug-likeness (QED) is 0.691. The maximum atomic E-state index is 8.33. The van der Waals surface area contributed by atoms with Crippen LogP contribution in [-0.4, -0.2) is 9.97 Å². The van der Waals surface area contributed by atoms with E-state index >= 15 is 0 Å². The van der Waals surface area contributed by atoms with Gasteiger partial charge in [-0.05, 0) is 6.42 Å². The van der Waals surface area contributed by atoms with Crippen LogP contribution in [0.3, 0.4) is 0 Å². The number of aromatic nitrogens is 2. The van der Waals surface area contributed by atoms with Gasteiger partial charge in [-0.1, -0.05) is 23.2 Å². The molecule has 0 aromatic carbocycles. The van der Waals surface area contributed by atoms with Crippen LogP contribution in [0, 0.1) is 11.3 Å². The van der Waals surface area contributed by atoms with Gasteiger partial charge in [0.15, 0.2) is 0 Å². The van der Waals surface area contributed by atoms with E-state index in [0.29, 0.717) is 28.7 Å². The summed E-state index contributed by atoms with van der Waals surface area (Å²) in [5.41, 5.74) is 0.641. The second-order valence-corrected chi connectivity index (χ2v) is 2.81. The van der Waals surface area contributed by atoms with Crippen molar-refractivity contribution in [3.63, 3.8) is 0 Å². The van der Waals surface area contributed by atoms with Gasteiger partial charge in [0.1, 0.15) is 16.6 Å². The number of nitrogens with zero attached hydrogens (tertiary/aromatic N) is 3. The standard InChI is InChI=1S/C7H5Cl2N3/c8-6-5(2-1-3-10)7(9)12-4-11-6/h4H,1-2H2. The van der Waals surface area contributed by atoms with E-state index < -0.39 is 0 Å². The molecule has 0 spiro atoms. The zero-order chi connectivity index (χ0) is 8.97. The number of hydrogen-bond donors (Lipinski definition) is 0. The smallest absolute Gasteiger partial charge is 0.137 e. The Hall–Kier alpha value is -0.850. The predicted molar refractivity (Wildman–Crippen MR) is 46.0 cm³/mol. The maximum Gasteiger partial charge on any atom is 0.137 e. The van der Waals surface area contributed by atoms with Crippen molar-refractivity contribution in [2.24, 2.45) is 0 Å². The minimum Gasteiger partial charge on any atom is -0.224 e. The lowest BCUT2D eigenvalue weighted by Crippen LogP contribution is -1.92. The average Bonchev–Trinajstić information content (AvgIpc) is 2.04. The molecule has 0 bridgehead atoms. The molecular formula is C7H5Cl2N3. The molecule has 0 N–H and O–H groups in total. The SMILES string of the molecule is N#CCCc1c(Cl)ncnc1Cl. The second-order valence-electron chi connectivity index (χ2n) is 2.09. The molecule has 1 aromatic heterocycles. The maximum absolute atomic E-state index is 8.33. The Morgan fingerprint density at radius 3 is 2.42 bits per heavy atom. The number of rotatable bonds is 2. The third-order valence-corrected chi connectivity index (χ3v) is 1.98. The fraction of sp³-hybridized carbons (Fsp3) is 0.286. The molecule has 1 rings (SSSR count). The number of nitriles is 1. The summed E-state index contributed by atoms with van der Waals surface area (Å²) in [6.07, 6.45) is 2.16. The Bertz CT molecular complexity index is 299. The first-order chi connectivity index (χ1) is 5.75. The van der Waals surface area contributed by atoms with Crippen LogP contribution in [-0.2, 0) is 6.42 Å². The first-order valence-electron chi connectivity index (χ1n) is 3.27. The first kappa shape index (κ1) is 9.24. The summed E-state index contributed by atoms with van der Waals surface area (Å²) in [6, 6.07) is 2.00. The average molecular weight is 202 g/mol. The van der Waals surface area contributed by atoms with Gasteiger partial charge in [-0.2, -0.15) is 5.26 Å². The van der Waals surface area contributed by atoms with Gasteiger partial charge in [-0.25, -0.2) is 9.97 Å². The highest BCUT2D eigenvalue weighted by molar-refractivity contribution is 6.34. The van der Waals surface area contributed by atoms with E-state index in [4.69, 9.17) is 28.5 Å². The first-order valence-corrected chi connectivity index (χ1v) is 4.03. The summed E-state index contributed by atoms with van der Waals surface area (Å²) >= 11 is 11.4. The van der Waals surface area contributed by atoms with Crippen LogP contribution in [0.25, 0.3) is 0 Å². The normalized spacial score (nSPS) is 9.42. The minimum absolute atomic E-state index is 0.324. The lowest BCUT2D eigenvalue weighted by molar-refractivity contribution is 0.971. The van der Waals surface area contributed by atoms with Crippen LogP contribution < -0.4 is 0 Å². The molecule has 0 aliphatic carbocycles. The van der Waals surface area contributed by atoms with Crippen LogP contribution in [0.4, 0.5) is 0 Å². The van der Waals surface area contributed by atoms with Crippen molar-refractivity contribution in [2.45, 2.75) is 12.8 Å². The molecule has 0 aliphatic rings. The predicted octanol–water partition coefficient (Wildman–Crippen LogP) is 2.24. The van der Waals surface area contributed by atoms with E-state index in [0.717, 1.165) is 0 Å². The van der Waals surface area contributed by atoms with Gasteiger partial charge in [0.2, 0.25) is 0 Å². The monoisotopic (exact) mass is 201 g/mol. The summed E-state index contributed by atoms with van der Waals surface area (Å²) < 4.78 is 0. The van der Waals surface area contributed by atoms with Crippen molar-refractivity contribution >= 4 is 23.2 Å². The second kappa shape index (κ2) is 4.24. The van der Waals surface area contributed by atoms with Gasteiger partial charge in [-0.3, -0.25) is 0 Å². The van der Waals surface area contributed by atoms with Crippen molar-refractivity contribution in [3.8, 4) is 6.07 Å². The highest BCUT2D eigenvalue weighted by atomic mass is 35.5. The lowest BCUT2D eigenvalue weighted by Gasteiger charge is -2.00. The number of halogens is 2. The zero-order valence-electron chi connectivity index (χ0n) is 6.09. The third kappa shape index (κ3) is 2.07. The molecule has 12 heavy (non-hydrogen) atoms. The molecule has 5 heteroatoms. The lowest BCUT2D eigenvalue weighted by atomic mass is 10.2. The Kier molecular flexibility index (Phi) is 3.27. The zero-order valence-corrected chi connectivity index (χ0v) is 7.60. The molecule has 0 atom stereocenters. The van der Waals surface area contributed by atoms with Crippen molar-refractivity contribution in [1.29, 1.82) is 5.26 Å². The summed E-state index contributed by atoms with van der Waals surface area (Å²) in [5.74, 6) is 0. The van der Waals surface area contributed by atoms with Crippen LogP contribution in [0.1, 0.15) is 12.0 Å². The third-order valence-electron chi connectivity index (χ3n) is 1.33. The van der Waals surface area contributed by atoms with Gasteiger partial charge in [0, 0.05) is 12.0 Å². The summed E-state index contributed by atoms with van der Waals surface area (Å²) in [6.45, 7) is 0. The summed E-state index contributed by atoms with van der Waals surface area (Å²) in [5, 5.41) is 8.98. The Balaban J connectivity index is 2.90. The van der Waals surface area contributed by atoms with Gasteiger partial charge in [0.05, 0.1) is 6.07 Å². The Morgan fingerprint density at radius 1 is 1.33 bits per heavy atom. The van der Waals surface area contributed by atoms with Crippen molar-refractivity contribution in [2.75, 3.05) is 0 Å². The van der Waals surface area contributed by atoms with E-state index in [1.54, 1.807) is 0 Å². The molecule has 0 amide bonds. The van der Waals surface area contributed by atoms with Crippen LogP contribution in [0.15, 0.2) is 6.33 Å². The van der Waals surface area contributed by atoms with Crippen LogP contribution >= 0.6 is 23.2 Å². The van der Waals surface area contributed by atoms with E-state index in [1.165, 1.54) is 6.33 Å². The van der Waals surface area contributed by atoms with E-state index in [1.807, 2.05) is 6.07 Å². The highest BCUT2D eigenvalue weighted by Crippen LogP contribution is 2.20. The Morgan fingerprint density at radius 2 is 1.92 bits per heavy atom. The van der Waals surface area contributed by atoms with Gasteiger partial charge in [-0.15, -0.1) is 0 Å². The fourth-order valence-electron chi connectivity index (χ4n) is 0.758. The Labute approximate surface area is 80.0 Å². The molecule has 0 radical (unpaired) electrons. The van der Waals surface area contributed by atoms with Crippen LogP contribution in [0.5, 0.6) is 0 Å². The summed E-state index contributed by atoms with van der Waals surface area (Å²) in [7, 11) is 0. The fourth-order valence-corrected chi connectivity index (χ4v) is 1.26. The molecule has 1 aromatic rings. The van der Waals surface area contributed by atoms with Crippen molar-refractivity contribution in [1.82, 2.24) is 9.97 Å². The topological polar surface area (TPSA) is 49.6 Å². The van der Waals surface area contributed by atoms with Crippen LogP contribution in [0.2, 0.25) is 10.3 Å². The molecule has 0 saturated heterocycles. The minimum atomic E-state index is 0.324. The van der Waals surface area contributed by atoms with Gasteiger partial charge in [0.25, 0.3) is 0 Å². The molecule has 1 heterocycles. The van der Waals surface area contributed by atoms with Gasteiger partial charge < -0.3 is 0 Å². The molecule has 0 saturated carbocycles. The molecule has 0 unspecified atom stereocenters. The van der Waals surface area contributed by atoms with E-state index in [-0.39, 0.29) is 0 Å². The molecular weight excluding hydrogens is 197 g/mol. The van der Waals surface area contributed by atoms with Crippen molar-refractivity contribution < 1.29 is 0 Å². The molecule has 3 nitrogen and oxygen atoms in total. The van der Waals surface area contributed by atoms with E-state index in [9.17, 15) is 0 Å². The number of hydrogen-bond acceptors (Lipinski definition) is 3. The molecule has 62 valence electrons. The largest absolute Gasteiger partial charge is 0.224 e. The molecule has 0 fully saturated rings. The highest BCUT2D eigenvalue weighted by Gasteiger charge is 2.06. The van der Waals surface area contributed by atoms with Crippen molar-refractivity contribution in [3.05, 3.63) is 22.2 Å². The molecule has 0 aliphatic heterocycles. The summed E-state index contributed by atoms with van der Waals surface area (Å²) in [4.78, 5) is 7.51. The van der Waals surface area contributed by atoms with Gasteiger partial charge >= 0.3 is 0 Å². The van der Waals surface area contributed by atoms with E-state index in [2.05, 4.69) is 9.97 Å².